The number of hydrogen-bond donors (Lipinski definition) is 1. The van der Waals surface area contributed by atoms with Crippen LogP contribution in [-0.2, 0) is 11.2 Å². The number of aromatic nitrogens is 1. The van der Waals surface area contributed by atoms with Crippen LogP contribution in [0.5, 0.6) is 11.5 Å². The van der Waals surface area contributed by atoms with Crippen molar-refractivity contribution in [1.29, 1.82) is 5.26 Å². The molecule has 36 heavy (non-hydrogen) atoms. The van der Waals surface area contributed by atoms with E-state index in [-0.39, 0.29) is 5.57 Å². The van der Waals surface area contributed by atoms with Gasteiger partial charge in [-0.15, -0.1) is 11.3 Å². The Kier molecular flexibility index (Phi) is 10.6. The highest BCUT2D eigenvalue weighted by Crippen LogP contribution is 2.31. The third kappa shape index (κ3) is 7.72. The van der Waals surface area contributed by atoms with Crippen LogP contribution in [0.25, 0.3) is 6.08 Å². The van der Waals surface area contributed by atoms with Crippen molar-refractivity contribution >= 4 is 51.7 Å². The third-order valence-corrected chi connectivity index (χ3v) is 7.06. The van der Waals surface area contributed by atoms with Crippen molar-refractivity contribution in [2.45, 2.75) is 39.0 Å². The van der Waals surface area contributed by atoms with Gasteiger partial charge in [0.2, 0.25) is 0 Å². The minimum absolute atomic E-state index is 0.0556. The second kappa shape index (κ2) is 13.9. The molecule has 1 aromatic heterocycles. The summed E-state index contributed by atoms with van der Waals surface area (Å²) in [5, 5.41) is 13.6. The molecule has 3 rings (SSSR count). The molecule has 6 nitrogen and oxygen atoms in total. The van der Waals surface area contributed by atoms with Crippen LogP contribution in [0.3, 0.4) is 0 Å². The molecule has 3 aromatic rings. The number of anilines is 1. The molecule has 0 radical (unpaired) electrons. The third-order valence-electron chi connectivity index (χ3n) is 5.29. The lowest BCUT2D eigenvalue weighted by molar-refractivity contribution is -0.112. The van der Waals surface area contributed by atoms with Gasteiger partial charge in [-0.25, -0.2) is 4.98 Å². The first kappa shape index (κ1) is 27.5. The van der Waals surface area contributed by atoms with E-state index in [4.69, 9.17) is 32.7 Å². The lowest BCUT2D eigenvalue weighted by Crippen LogP contribution is -2.13. The van der Waals surface area contributed by atoms with Gasteiger partial charge >= 0.3 is 0 Å². The highest BCUT2D eigenvalue weighted by atomic mass is 35.5. The van der Waals surface area contributed by atoms with Crippen LogP contribution in [0.4, 0.5) is 5.13 Å². The quantitative estimate of drug-likeness (QED) is 0.145. The predicted octanol–water partition coefficient (Wildman–Crippen LogP) is 7.55. The Labute approximate surface area is 225 Å². The molecule has 9 heteroatoms. The number of nitriles is 1. The molecular formula is C27H27Cl2N3O3S. The fourth-order valence-corrected chi connectivity index (χ4v) is 4.62. The standard InChI is InChI=1S/C27H27Cl2N3O3S/c1-3-4-5-6-12-35-23-11-10-18(14-24(23)34-2)13-20(16-30)26(33)32-27-31-17-21(36-27)15-19-8-7-9-22(28)25(19)29/h7-11,13-14,17H,3-6,12,15H2,1-2H3,(H,31,32,33)/b20-13+. The molecule has 0 aliphatic rings. The van der Waals surface area contributed by atoms with E-state index in [0.717, 1.165) is 23.3 Å². The first-order chi connectivity index (χ1) is 17.4. The van der Waals surface area contributed by atoms with E-state index in [0.29, 0.717) is 45.3 Å². The van der Waals surface area contributed by atoms with Crippen molar-refractivity contribution in [2.75, 3.05) is 19.0 Å². The minimum atomic E-state index is -0.547. The molecule has 1 amide bonds. The van der Waals surface area contributed by atoms with E-state index >= 15 is 0 Å². The van der Waals surface area contributed by atoms with Gasteiger partial charge in [0.15, 0.2) is 16.6 Å². The number of rotatable bonds is 12. The number of hydrogen-bond acceptors (Lipinski definition) is 6. The summed E-state index contributed by atoms with van der Waals surface area (Å²) >= 11 is 13.7. The summed E-state index contributed by atoms with van der Waals surface area (Å²) in [7, 11) is 1.56. The van der Waals surface area contributed by atoms with Crippen molar-refractivity contribution in [2.24, 2.45) is 0 Å². The minimum Gasteiger partial charge on any atom is -0.493 e. The van der Waals surface area contributed by atoms with Gasteiger partial charge in [-0.3, -0.25) is 10.1 Å². The van der Waals surface area contributed by atoms with Gasteiger partial charge in [0.05, 0.1) is 23.8 Å². The molecule has 0 spiro atoms. The van der Waals surface area contributed by atoms with Crippen LogP contribution in [0.2, 0.25) is 10.0 Å². The number of nitrogens with one attached hydrogen (secondary N) is 1. The SMILES string of the molecule is CCCCCCOc1ccc(/C=C(\C#N)C(=O)Nc2ncc(Cc3cccc(Cl)c3Cl)s2)cc1OC. The Morgan fingerprint density at radius 2 is 2.03 bits per heavy atom. The maximum atomic E-state index is 12.7. The molecule has 0 bridgehead atoms. The Morgan fingerprint density at radius 1 is 1.19 bits per heavy atom. The van der Waals surface area contributed by atoms with Gasteiger partial charge in [0.25, 0.3) is 5.91 Å². The number of nitrogens with zero attached hydrogens (tertiary/aromatic N) is 2. The lowest BCUT2D eigenvalue weighted by atomic mass is 10.1. The zero-order valence-corrected chi connectivity index (χ0v) is 22.5. The Balaban J connectivity index is 1.66. The van der Waals surface area contributed by atoms with Crippen molar-refractivity contribution in [3.05, 3.63) is 74.2 Å². The Bertz CT molecular complexity index is 1270. The van der Waals surface area contributed by atoms with Gasteiger partial charge in [0, 0.05) is 17.5 Å². The summed E-state index contributed by atoms with van der Waals surface area (Å²) in [6.07, 6.45) is 8.14. The average Bonchev–Trinajstić information content (AvgIpc) is 3.32. The first-order valence-corrected chi connectivity index (χ1v) is 13.1. The number of carbonyl (C=O) groups is 1. The molecule has 0 fully saturated rings. The highest BCUT2D eigenvalue weighted by molar-refractivity contribution is 7.15. The van der Waals surface area contributed by atoms with E-state index in [1.807, 2.05) is 18.2 Å². The Morgan fingerprint density at radius 3 is 2.78 bits per heavy atom. The highest BCUT2D eigenvalue weighted by Gasteiger charge is 2.14. The average molecular weight is 545 g/mol. The zero-order chi connectivity index (χ0) is 25.9. The molecule has 1 N–H and O–H groups in total. The van der Waals surface area contributed by atoms with E-state index < -0.39 is 5.91 Å². The van der Waals surface area contributed by atoms with E-state index in [9.17, 15) is 10.1 Å². The first-order valence-electron chi connectivity index (χ1n) is 11.6. The number of ether oxygens (including phenoxy) is 2. The van der Waals surface area contributed by atoms with E-state index in [1.54, 1.807) is 37.6 Å². The fourth-order valence-electron chi connectivity index (χ4n) is 3.40. The monoisotopic (exact) mass is 543 g/mol. The van der Waals surface area contributed by atoms with Gasteiger partial charge in [-0.1, -0.05) is 67.6 Å². The van der Waals surface area contributed by atoms with Crippen LogP contribution in [0.15, 0.2) is 48.2 Å². The number of halogens is 2. The summed E-state index contributed by atoms with van der Waals surface area (Å²) in [5.41, 5.74) is 1.46. The molecule has 0 atom stereocenters. The second-order valence-corrected chi connectivity index (χ2v) is 9.87. The molecule has 0 aliphatic heterocycles. The normalized spacial score (nSPS) is 11.1. The molecule has 0 saturated carbocycles. The molecule has 0 unspecified atom stereocenters. The number of methoxy groups -OCH3 is 1. The smallest absolute Gasteiger partial charge is 0.268 e. The van der Waals surface area contributed by atoms with E-state index in [2.05, 4.69) is 17.2 Å². The van der Waals surface area contributed by atoms with Crippen molar-refractivity contribution in [3.8, 4) is 17.6 Å². The molecule has 188 valence electrons. The van der Waals surface area contributed by atoms with Crippen LogP contribution in [0.1, 0.15) is 48.6 Å². The largest absolute Gasteiger partial charge is 0.493 e. The summed E-state index contributed by atoms with van der Waals surface area (Å²) in [6.45, 7) is 2.77. The number of benzene rings is 2. The van der Waals surface area contributed by atoms with Crippen LogP contribution in [0, 0.1) is 11.3 Å². The fraction of sp³-hybridized carbons (Fsp3) is 0.296. The second-order valence-electron chi connectivity index (χ2n) is 7.96. The lowest BCUT2D eigenvalue weighted by Gasteiger charge is -2.11. The van der Waals surface area contributed by atoms with Gasteiger partial charge in [-0.2, -0.15) is 5.26 Å². The maximum absolute atomic E-state index is 12.7. The predicted molar refractivity (Wildman–Crippen MR) is 146 cm³/mol. The molecule has 0 aliphatic carbocycles. The van der Waals surface area contributed by atoms with Crippen molar-refractivity contribution < 1.29 is 14.3 Å². The molecular weight excluding hydrogens is 517 g/mol. The van der Waals surface area contributed by atoms with E-state index in [1.165, 1.54) is 30.3 Å². The maximum Gasteiger partial charge on any atom is 0.268 e. The van der Waals surface area contributed by atoms with Gasteiger partial charge < -0.3 is 9.47 Å². The molecule has 1 heterocycles. The topological polar surface area (TPSA) is 84.2 Å². The molecule has 2 aromatic carbocycles. The van der Waals surface area contributed by atoms with Crippen LogP contribution < -0.4 is 14.8 Å². The summed E-state index contributed by atoms with van der Waals surface area (Å²) in [6, 6.07) is 12.7. The summed E-state index contributed by atoms with van der Waals surface area (Å²) < 4.78 is 11.3. The number of unbranched alkanes of at least 4 members (excludes halogenated alkanes) is 3. The number of carbonyl (C=O) groups excluding carboxylic acids is 1. The van der Waals surface area contributed by atoms with Crippen molar-refractivity contribution in [1.82, 2.24) is 4.98 Å². The van der Waals surface area contributed by atoms with Gasteiger partial charge in [-0.05, 0) is 41.8 Å². The molecule has 0 saturated heterocycles. The van der Waals surface area contributed by atoms with Crippen LogP contribution in [-0.4, -0.2) is 24.6 Å². The zero-order valence-electron chi connectivity index (χ0n) is 20.1. The number of amides is 1. The Hall–Kier alpha value is -3.05. The van der Waals surface area contributed by atoms with Crippen molar-refractivity contribution in [3.63, 3.8) is 0 Å². The summed E-state index contributed by atoms with van der Waals surface area (Å²) in [4.78, 5) is 17.9. The van der Waals surface area contributed by atoms with Crippen LogP contribution >= 0.6 is 34.5 Å². The summed E-state index contributed by atoms with van der Waals surface area (Å²) in [5.74, 6) is 0.625. The number of thiazole rings is 1. The van der Waals surface area contributed by atoms with Gasteiger partial charge in [0.1, 0.15) is 11.6 Å².